The van der Waals surface area contributed by atoms with E-state index in [1.54, 1.807) is 18.2 Å². The van der Waals surface area contributed by atoms with E-state index in [2.05, 4.69) is 9.97 Å². The summed E-state index contributed by atoms with van der Waals surface area (Å²) >= 11 is 17.7. The van der Waals surface area contributed by atoms with Gasteiger partial charge in [0.1, 0.15) is 5.69 Å². The molecule has 2 N–H and O–H groups in total. The SMILES string of the molecule is NC(=O)Oc1nc(Cl)cnc1-c1cccc(Cl)c1Cl. The van der Waals surface area contributed by atoms with Crippen molar-refractivity contribution in [3.8, 4) is 17.1 Å². The van der Waals surface area contributed by atoms with E-state index in [-0.39, 0.29) is 21.7 Å². The summed E-state index contributed by atoms with van der Waals surface area (Å²) in [5, 5.41) is 0.647. The molecule has 0 saturated carbocycles. The van der Waals surface area contributed by atoms with Gasteiger partial charge in [0.25, 0.3) is 5.88 Å². The number of amides is 1. The fourth-order valence-electron chi connectivity index (χ4n) is 1.39. The van der Waals surface area contributed by atoms with E-state index in [4.69, 9.17) is 45.3 Å². The highest BCUT2D eigenvalue weighted by molar-refractivity contribution is 6.43. The van der Waals surface area contributed by atoms with Gasteiger partial charge in [0.2, 0.25) is 0 Å². The Hall–Kier alpha value is -1.56. The number of hydrogen-bond acceptors (Lipinski definition) is 4. The number of primary amides is 1. The molecule has 0 radical (unpaired) electrons. The second kappa shape index (κ2) is 5.61. The normalized spacial score (nSPS) is 10.3. The van der Waals surface area contributed by atoms with Crippen molar-refractivity contribution in [1.82, 2.24) is 9.97 Å². The second-order valence-electron chi connectivity index (χ2n) is 3.37. The van der Waals surface area contributed by atoms with Gasteiger partial charge in [-0.25, -0.2) is 9.78 Å². The molecular weight excluding hydrogens is 312 g/mol. The molecule has 0 atom stereocenters. The molecule has 0 aliphatic carbocycles. The number of aromatic nitrogens is 2. The molecule has 19 heavy (non-hydrogen) atoms. The number of carbonyl (C=O) groups excluding carboxylic acids is 1. The van der Waals surface area contributed by atoms with Gasteiger partial charge in [-0.05, 0) is 6.07 Å². The molecule has 1 aromatic heterocycles. The molecule has 0 spiro atoms. The summed E-state index contributed by atoms with van der Waals surface area (Å²) in [6.07, 6.45) is 0.262. The van der Waals surface area contributed by atoms with Crippen LogP contribution < -0.4 is 10.5 Å². The standard InChI is InChI=1S/C11H6Cl3N3O2/c12-6-3-1-2-5(8(6)14)9-10(19-11(15)18)17-7(13)4-16-9/h1-4H,(H2,15,18). The molecule has 0 saturated heterocycles. The van der Waals surface area contributed by atoms with Gasteiger partial charge in [-0.2, -0.15) is 4.98 Å². The quantitative estimate of drug-likeness (QED) is 0.918. The van der Waals surface area contributed by atoms with Crippen molar-refractivity contribution in [2.45, 2.75) is 0 Å². The minimum atomic E-state index is -1.03. The lowest BCUT2D eigenvalue weighted by Gasteiger charge is -2.09. The van der Waals surface area contributed by atoms with Gasteiger partial charge in [-0.15, -0.1) is 0 Å². The summed E-state index contributed by atoms with van der Waals surface area (Å²) < 4.78 is 4.75. The lowest BCUT2D eigenvalue weighted by molar-refractivity contribution is 0.209. The van der Waals surface area contributed by atoms with Crippen LogP contribution in [-0.2, 0) is 0 Å². The smallest absolute Gasteiger partial charge is 0.389 e. The zero-order valence-corrected chi connectivity index (χ0v) is 11.5. The van der Waals surface area contributed by atoms with E-state index in [1.165, 1.54) is 6.20 Å². The lowest BCUT2D eigenvalue weighted by Crippen LogP contribution is -2.17. The van der Waals surface area contributed by atoms with Crippen LogP contribution >= 0.6 is 34.8 Å². The zero-order valence-electron chi connectivity index (χ0n) is 9.23. The number of halogens is 3. The minimum Gasteiger partial charge on any atom is -0.389 e. The zero-order chi connectivity index (χ0) is 14.0. The highest BCUT2D eigenvalue weighted by Crippen LogP contribution is 2.36. The Morgan fingerprint density at radius 2 is 2.00 bits per heavy atom. The molecule has 1 amide bonds. The summed E-state index contributed by atoms with van der Waals surface area (Å²) in [5.74, 6) is -0.135. The van der Waals surface area contributed by atoms with Gasteiger partial charge in [0.05, 0.1) is 16.2 Å². The summed E-state index contributed by atoms with van der Waals surface area (Å²) in [7, 11) is 0. The predicted molar refractivity (Wildman–Crippen MR) is 72.7 cm³/mol. The molecule has 8 heteroatoms. The average molecular weight is 319 g/mol. The maximum Gasteiger partial charge on any atom is 0.411 e. The Bertz CT molecular complexity index is 649. The molecule has 2 rings (SSSR count). The molecule has 0 bridgehead atoms. The van der Waals surface area contributed by atoms with Crippen molar-refractivity contribution < 1.29 is 9.53 Å². The molecule has 0 unspecified atom stereocenters. The van der Waals surface area contributed by atoms with E-state index in [9.17, 15) is 4.79 Å². The summed E-state index contributed by atoms with van der Waals surface area (Å²) in [6.45, 7) is 0. The molecular formula is C11H6Cl3N3O2. The first-order valence-electron chi connectivity index (χ1n) is 4.93. The Balaban J connectivity index is 2.61. The number of ether oxygens (including phenoxy) is 1. The molecule has 5 nitrogen and oxygen atoms in total. The number of carbonyl (C=O) groups is 1. The maximum atomic E-state index is 10.8. The van der Waals surface area contributed by atoms with Crippen LogP contribution in [0.3, 0.4) is 0 Å². The van der Waals surface area contributed by atoms with Crippen molar-refractivity contribution in [1.29, 1.82) is 0 Å². The molecule has 0 fully saturated rings. The van der Waals surface area contributed by atoms with Crippen LogP contribution in [0.2, 0.25) is 15.2 Å². The summed E-state index contributed by atoms with van der Waals surface area (Å²) in [5.41, 5.74) is 5.63. The van der Waals surface area contributed by atoms with E-state index < -0.39 is 6.09 Å². The van der Waals surface area contributed by atoms with Gasteiger partial charge in [0, 0.05) is 5.56 Å². The lowest BCUT2D eigenvalue weighted by atomic mass is 10.1. The largest absolute Gasteiger partial charge is 0.411 e. The first kappa shape index (κ1) is 13.9. The van der Waals surface area contributed by atoms with Crippen LogP contribution in [0.15, 0.2) is 24.4 Å². The van der Waals surface area contributed by atoms with Crippen LogP contribution in [0.5, 0.6) is 5.88 Å². The van der Waals surface area contributed by atoms with Crippen molar-refractivity contribution in [3.05, 3.63) is 39.6 Å². The molecule has 1 aromatic carbocycles. The van der Waals surface area contributed by atoms with Gasteiger partial charge in [-0.1, -0.05) is 46.9 Å². The number of nitrogens with zero attached hydrogens (tertiary/aromatic N) is 2. The second-order valence-corrected chi connectivity index (χ2v) is 4.54. The van der Waals surface area contributed by atoms with Crippen molar-refractivity contribution in [3.63, 3.8) is 0 Å². The molecule has 0 aliphatic rings. The van der Waals surface area contributed by atoms with E-state index in [1.807, 2.05) is 0 Å². The molecule has 1 heterocycles. The Morgan fingerprint density at radius 3 is 2.68 bits per heavy atom. The van der Waals surface area contributed by atoms with Gasteiger partial charge >= 0.3 is 6.09 Å². The monoisotopic (exact) mass is 317 g/mol. The Morgan fingerprint density at radius 1 is 1.26 bits per heavy atom. The highest BCUT2D eigenvalue weighted by atomic mass is 35.5. The predicted octanol–water partition coefficient (Wildman–Crippen LogP) is 3.56. The van der Waals surface area contributed by atoms with Crippen LogP contribution in [0.4, 0.5) is 4.79 Å². The van der Waals surface area contributed by atoms with Crippen molar-refractivity contribution >= 4 is 40.9 Å². The van der Waals surface area contributed by atoms with Crippen LogP contribution in [0, 0.1) is 0 Å². The molecule has 98 valence electrons. The van der Waals surface area contributed by atoms with Crippen LogP contribution in [0.25, 0.3) is 11.3 Å². The first-order valence-corrected chi connectivity index (χ1v) is 6.06. The third-order valence-corrected chi connectivity index (χ3v) is 3.12. The number of hydrogen-bond donors (Lipinski definition) is 1. The fraction of sp³-hybridized carbons (Fsp3) is 0. The topological polar surface area (TPSA) is 78.1 Å². The Kier molecular flexibility index (Phi) is 4.09. The van der Waals surface area contributed by atoms with Gasteiger partial charge in [-0.3, -0.25) is 0 Å². The van der Waals surface area contributed by atoms with E-state index in [0.29, 0.717) is 10.6 Å². The third kappa shape index (κ3) is 3.07. The van der Waals surface area contributed by atoms with Gasteiger partial charge < -0.3 is 10.5 Å². The van der Waals surface area contributed by atoms with Crippen molar-refractivity contribution in [2.75, 3.05) is 0 Å². The van der Waals surface area contributed by atoms with Gasteiger partial charge in [0.15, 0.2) is 5.15 Å². The highest BCUT2D eigenvalue weighted by Gasteiger charge is 2.17. The maximum absolute atomic E-state index is 10.8. The fourth-order valence-corrected chi connectivity index (χ4v) is 1.91. The van der Waals surface area contributed by atoms with Crippen molar-refractivity contribution in [2.24, 2.45) is 5.73 Å². The number of rotatable bonds is 2. The van der Waals surface area contributed by atoms with E-state index in [0.717, 1.165) is 0 Å². The third-order valence-electron chi connectivity index (χ3n) is 2.12. The number of benzene rings is 1. The molecule has 0 aliphatic heterocycles. The average Bonchev–Trinajstić information content (AvgIpc) is 2.33. The summed E-state index contributed by atoms with van der Waals surface area (Å²) in [4.78, 5) is 18.7. The van der Waals surface area contributed by atoms with Crippen LogP contribution in [0.1, 0.15) is 0 Å². The van der Waals surface area contributed by atoms with E-state index >= 15 is 0 Å². The van der Waals surface area contributed by atoms with Crippen LogP contribution in [-0.4, -0.2) is 16.1 Å². The summed E-state index contributed by atoms with van der Waals surface area (Å²) in [6, 6.07) is 4.94. The Labute approximate surface area is 123 Å². The minimum absolute atomic E-state index is 0.0538. The number of nitrogens with two attached hydrogens (primary N) is 1. The first-order chi connectivity index (χ1) is 8.99. The molecule has 2 aromatic rings.